The van der Waals surface area contributed by atoms with E-state index in [4.69, 9.17) is 0 Å². The number of aryl methyl sites for hydroxylation is 1. The molecule has 1 aromatic carbocycles. The zero-order chi connectivity index (χ0) is 11.5. The zero-order valence-corrected chi connectivity index (χ0v) is 10.6. The number of hydrogen-bond acceptors (Lipinski definition) is 3. The lowest BCUT2D eigenvalue weighted by molar-refractivity contribution is 0.648. The van der Waals surface area contributed by atoms with Crippen LogP contribution in [0.1, 0.15) is 23.5 Å². The van der Waals surface area contributed by atoms with E-state index in [9.17, 15) is 0 Å². The molecule has 0 radical (unpaired) electrons. The smallest absolute Gasteiger partial charge is 0.110 e. The van der Waals surface area contributed by atoms with Gasteiger partial charge in [0, 0.05) is 10.9 Å². The van der Waals surface area contributed by atoms with E-state index in [1.54, 1.807) is 11.3 Å². The maximum atomic E-state index is 4.64. The summed E-state index contributed by atoms with van der Waals surface area (Å²) in [6.45, 7) is 4.22. The van der Waals surface area contributed by atoms with Gasteiger partial charge in [0.05, 0.1) is 11.7 Å². The fraction of sp³-hybridized carbons (Fsp3) is 0.308. The van der Waals surface area contributed by atoms with Crippen LogP contribution in [0, 0.1) is 6.92 Å². The fourth-order valence-corrected chi connectivity index (χ4v) is 2.36. The predicted octanol–water partition coefficient (Wildman–Crippen LogP) is 3.40. The molecule has 1 heterocycles. The van der Waals surface area contributed by atoms with E-state index in [0.717, 1.165) is 10.7 Å². The molecule has 3 heteroatoms. The Hall–Kier alpha value is -1.19. The van der Waals surface area contributed by atoms with Gasteiger partial charge >= 0.3 is 0 Å². The topological polar surface area (TPSA) is 24.9 Å². The maximum absolute atomic E-state index is 4.64. The molecule has 0 aliphatic heterocycles. The van der Waals surface area contributed by atoms with E-state index in [1.807, 2.05) is 7.05 Å². The van der Waals surface area contributed by atoms with Gasteiger partial charge in [-0.1, -0.05) is 29.8 Å². The third kappa shape index (κ3) is 2.31. The van der Waals surface area contributed by atoms with Crippen LogP contribution in [-0.4, -0.2) is 12.0 Å². The van der Waals surface area contributed by atoms with Crippen molar-refractivity contribution in [2.45, 2.75) is 19.9 Å². The normalized spacial score (nSPS) is 12.7. The van der Waals surface area contributed by atoms with Gasteiger partial charge in [-0.3, -0.25) is 0 Å². The Labute approximate surface area is 100 Å². The molecule has 0 bridgehead atoms. The van der Waals surface area contributed by atoms with Crippen molar-refractivity contribution in [2.24, 2.45) is 0 Å². The molecule has 1 N–H and O–H groups in total. The van der Waals surface area contributed by atoms with E-state index in [1.165, 1.54) is 11.1 Å². The highest BCUT2D eigenvalue weighted by atomic mass is 32.1. The van der Waals surface area contributed by atoms with Crippen LogP contribution in [0.15, 0.2) is 29.6 Å². The highest BCUT2D eigenvalue weighted by Gasteiger charge is 2.09. The standard InChI is InChI=1S/C13H16N2S/c1-9-4-6-11(7-5-9)12-8-16-13(15-12)10(2)14-3/h4-8,10,14H,1-3H3. The van der Waals surface area contributed by atoms with Crippen LogP contribution in [-0.2, 0) is 0 Å². The van der Waals surface area contributed by atoms with Gasteiger partial charge in [-0.05, 0) is 20.9 Å². The van der Waals surface area contributed by atoms with Crippen molar-refractivity contribution in [1.82, 2.24) is 10.3 Å². The van der Waals surface area contributed by atoms with Gasteiger partial charge in [-0.15, -0.1) is 11.3 Å². The Morgan fingerprint density at radius 2 is 1.94 bits per heavy atom. The molecule has 0 spiro atoms. The third-order valence-corrected chi connectivity index (χ3v) is 3.70. The average molecular weight is 232 g/mol. The summed E-state index contributed by atoms with van der Waals surface area (Å²) in [6, 6.07) is 8.81. The molecule has 2 nitrogen and oxygen atoms in total. The second kappa shape index (κ2) is 4.76. The first-order chi connectivity index (χ1) is 7.70. The summed E-state index contributed by atoms with van der Waals surface area (Å²) in [5.74, 6) is 0. The molecule has 0 amide bonds. The van der Waals surface area contributed by atoms with Gasteiger partial charge in [0.25, 0.3) is 0 Å². The molecule has 0 aliphatic rings. The lowest BCUT2D eigenvalue weighted by Gasteiger charge is -2.04. The summed E-state index contributed by atoms with van der Waals surface area (Å²) in [6.07, 6.45) is 0. The monoisotopic (exact) mass is 232 g/mol. The molecular formula is C13H16N2S. The van der Waals surface area contributed by atoms with Gasteiger partial charge in [0.2, 0.25) is 0 Å². The number of hydrogen-bond donors (Lipinski definition) is 1. The number of benzene rings is 1. The molecule has 0 saturated heterocycles. The summed E-state index contributed by atoms with van der Waals surface area (Å²) in [5.41, 5.74) is 3.54. The summed E-state index contributed by atoms with van der Waals surface area (Å²) >= 11 is 1.71. The summed E-state index contributed by atoms with van der Waals surface area (Å²) in [7, 11) is 1.96. The number of rotatable bonds is 3. The average Bonchev–Trinajstić information content (AvgIpc) is 2.78. The Morgan fingerprint density at radius 1 is 1.25 bits per heavy atom. The largest absolute Gasteiger partial charge is 0.311 e. The van der Waals surface area contributed by atoms with E-state index in [-0.39, 0.29) is 0 Å². The van der Waals surface area contributed by atoms with Gasteiger partial charge in [-0.25, -0.2) is 4.98 Å². The number of aromatic nitrogens is 1. The van der Waals surface area contributed by atoms with Crippen molar-refractivity contribution in [2.75, 3.05) is 7.05 Å². The molecular weight excluding hydrogens is 216 g/mol. The number of thiazole rings is 1. The van der Waals surface area contributed by atoms with Gasteiger partial charge < -0.3 is 5.32 Å². The van der Waals surface area contributed by atoms with Crippen molar-refractivity contribution in [3.63, 3.8) is 0 Å². The van der Waals surface area contributed by atoms with Crippen LogP contribution in [0.4, 0.5) is 0 Å². The zero-order valence-electron chi connectivity index (χ0n) is 9.82. The minimum atomic E-state index is 0.323. The molecule has 16 heavy (non-hydrogen) atoms. The van der Waals surface area contributed by atoms with Crippen LogP contribution in [0.5, 0.6) is 0 Å². The lowest BCUT2D eigenvalue weighted by atomic mass is 10.1. The van der Waals surface area contributed by atoms with Crippen molar-refractivity contribution in [3.05, 3.63) is 40.2 Å². The Balaban J connectivity index is 2.28. The van der Waals surface area contributed by atoms with Crippen LogP contribution < -0.4 is 5.32 Å². The summed E-state index contributed by atoms with van der Waals surface area (Å²) in [4.78, 5) is 4.64. The van der Waals surface area contributed by atoms with E-state index in [2.05, 4.69) is 53.8 Å². The maximum Gasteiger partial charge on any atom is 0.110 e. The number of nitrogens with zero attached hydrogens (tertiary/aromatic N) is 1. The highest BCUT2D eigenvalue weighted by Crippen LogP contribution is 2.25. The molecule has 0 fully saturated rings. The second-order valence-corrected chi connectivity index (χ2v) is 4.84. The van der Waals surface area contributed by atoms with E-state index < -0.39 is 0 Å². The SMILES string of the molecule is CNC(C)c1nc(-c2ccc(C)cc2)cs1. The Bertz CT molecular complexity index is 459. The fourth-order valence-electron chi connectivity index (χ4n) is 1.47. The Kier molecular flexibility index (Phi) is 3.36. The number of nitrogens with one attached hydrogen (secondary N) is 1. The van der Waals surface area contributed by atoms with E-state index in [0.29, 0.717) is 6.04 Å². The first-order valence-corrected chi connectivity index (χ1v) is 6.28. The molecule has 1 unspecified atom stereocenters. The minimum Gasteiger partial charge on any atom is -0.311 e. The van der Waals surface area contributed by atoms with Crippen LogP contribution in [0.3, 0.4) is 0 Å². The lowest BCUT2D eigenvalue weighted by Crippen LogP contribution is -2.11. The quantitative estimate of drug-likeness (QED) is 0.877. The van der Waals surface area contributed by atoms with E-state index >= 15 is 0 Å². The molecule has 84 valence electrons. The van der Waals surface area contributed by atoms with Gasteiger partial charge in [-0.2, -0.15) is 0 Å². The first-order valence-electron chi connectivity index (χ1n) is 5.40. The molecule has 1 aromatic heterocycles. The van der Waals surface area contributed by atoms with Gasteiger partial charge in [0.15, 0.2) is 0 Å². The molecule has 0 saturated carbocycles. The Morgan fingerprint density at radius 3 is 2.56 bits per heavy atom. The van der Waals surface area contributed by atoms with Crippen molar-refractivity contribution < 1.29 is 0 Å². The minimum absolute atomic E-state index is 0.323. The van der Waals surface area contributed by atoms with Crippen LogP contribution in [0.2, 0.25) is 0 Å². The molecule has 1 atom stereocenters. The first kappa shape index (κ1) is 11.3. The third-order valence-electron chi connectivity index (χ3n) is 2.67. The van der Waals surface area contributed by atoms with Crippen LogP contribution >= 0.6 is 11.3 Å². The highest BCUT2D eigenvalue weighted by molar-refractivity contribution is 7.10. The second-order valence-electron chi connectivity index (χ2n) is 3.95. The predicted molar refractivity (Wildman–Crippen MR) is 69.8 cm³/mol. The molecule has 2 rings (SSSR count). The van der Waals surface area contributed by atoms with Crippen molar-refractivity contribution in [1.29, 1.82) is 0 Å². The van der Waals surface area contributed by atoms with Crippen molar-refractivity contribution >= 4 is 11.3 Å². The van der Waals surface area contributed by atoms with Crippen molar-refractivity contribution in [3.8, 4) is 11.3 Å². The molecule has 2 aromatic rings. The molecule has 0 aliphatic carbocycles. The summed E-state index contributed by atoms with van der Waals surface area (Å²) < 4.78 is 0. The van der Waals surface area contributed by atoms with Gasteiger partial charge in [0.1, 0.15) is 5.01 Å². The summed E-state index contributed by atoms with van der Waals surface area (Å²) in [5, 5.41) is 6.46. The van der Waals surface area contributed by atoms with Crippen LogP contribution in [0.25, 0.3) is 11.3 Å².